The van der Waals surface area contributed by atoms with Crippen LogP contribution in [0.15, 0.2) is 30.7 Å². The molecule has 202 valence electrons. The Hall–Kier alpha value is -2.43. The third-order valence-corrected chi connectivity index (χ3v) is 7.18. The molecule has 7 nitrogen and oxygen atoms in total. The van der Waals surface area contributed by atoms with Crippen LogP contribution in [0, 0.1) is 0 Å². The Morgan fingerprint density at radius 1 is 0.944 bits per heavy atom. The van der Waals surface area contributed by atoms with E-state index in [0.717, 1.165) is 25.7 Å². The number of halogens is 3. The zero-order valence-electron chi connectivity index (χ0n) is 20.9. The summed E-state index contributed by atoms with van der Waals surface area (Å²) in [6.07, 6.45) is 12.8. The van der Waals surface area contributed by atoms with Gasteiger partial charge in [-0.05, 0) is 18.6 Å². The Labute approximate surface area is 212 Å². The van der Waals surface area contributed by atoms with Crippen LogP contribution in [0.5, 0.6) is 0 Å². The summed E-state index contributed by atoms with van der Waals surface area (Å²) in [5.74, 6) is -1.24. The first-order chi connectivity index (χ1) is 17.1. The number of rotatable bonds is 17. The molecule has 2 aromatic heterocycles. The summed E-state index contributed by atoms with van der Waals surface area (Å²) < 4.78 is 67.2. The van der Waals surface area contributed by atoms with Crippen molar-refractivity contribution in [1.82, 2.24) is 18.7 Å². The molecule has 0 atom stereocenters. The summed E-state index contributed by atoms with van der Waals surface area (Å²) in [7, 11) is -4.62. The van der Waals surface area contributed by atoms with Gasteiger partial charge < -0.3 is 0 Å². The molecule has 2 heterocycles. The monoisotopic (exact) mass is 530 g/mol. The number of unbranched alkanes of at least 4 members (excludes halogenated alkanes) is 12. The molecule has 2 rings (SSSR count). The number of hydrogen-bond donors (Lipinski definition) is 1. The van der Waals surface area contributed by atoms with E-state index >= 15 is 0 Å². The average Bonchev–Trinajstić information content (AvgIpc) is 3.30. The fraction of sp³-hybridized carbons (Fsp3) is 0.640. The summed E-state index contributed by atoms with van der Waals surface area (Å²) >= 11 is 0. The minimum atomic E-state index is -4.85. The van der Waals surface area contributed by atoms with Gasteiger partial charge in [-0.3, -0.25) is 9.78 Å². The maximum absolute atomic E-state index is 13.2. The molecule has 0 unspecified atom stereocenters. The first kappa shape index (κ1) is 29.8. The lowest BCUT2D eigenvalue weighted by Gasteiger charge is -2.10. The number of nitrogens with one attached hydrogen (secondary N) is 1. The van der Waals surface area contributed by atoms with E-state index < -0.39 is 33.8 Å². The molecular formula is C25H37F3N4O3S. The molecule has 0 fully saturated rings. The van der Waals surface area contributed by atoms with Crippen LogP contribution in [0.25, 0.3) is 11.4 Å². The van der Waals surface area contributed by atoms with Gasteiger partial charge in [-0.25, -0.2) is 13.7 Å². The number of nitrogens with zero attached hydrogens (tertiary/aromatic N) is 3. The van der Waals surface area contributed by atoms with E-state index in [0.29, 0.717) is 16.6 Å². The lowest BCUT2D eigenvalue weighted by molar-refractivity contribution is -0.140. The summed E-state index contributed by atoms with van der Waals surface area (Å²) in [5, 5.41) is 0. The largest absolute Gasteiger partial charge is 0.434 e. The molecular weight excluding hydrogens is 493 g/mol. The predicted octanol–water partition coefficient (Wildman–Crippen LogP) is 6.65. The second-order valence-corrected chi connectivity index (χ2v) is 10.6. The van der Waals surface area contributed by atoms with Gasteiger partial charge in [-0.2, -0.15) is 21.6 Å². The first-order valence-electron chi connectivity index (χ1n) is 12.8. The first-order valence-corrected chi connectivity index (χ1v) is 14.2. The van der Waals surface area contributed by atoms with Crippen molar-refractivity contribution in [3.8, 4) is 11.4 Å². The van der Waals surface area contributed by atoms with Gasteiger partial charge in [0.15, 0.2) is 11.5 Å². The summed E-state index contributed by atoms with van der Waals surface area (Å²) in [6.45, 7) is 2.21. The molecule has 0 aliphatic rings. The predicted molar refractivity (Wildman–Crippen MR) is 133 cm³/mol. The Morgan fingerprint density at radius 2 is 1.50 bits per heavy atom. The van der Waals surface area contributed by atoms with E-state index in [1.165, 1.54) is 75.9 Å². The normalized spacial score (nSPS) is 12.1. The lowest BCUT2D eigenvalue weighted by Crippen LogP contribution is -2.35. The second kappa shape index (κ2) is 15.0. The van der Waals surface area contributed by atoms with E-state index in [2.05, 4.69) is 16.9 Å². The minimum absolute atomic E-state index is 0.0277. The molecule has 36 heavy (non-hydrogen) atoms. The van der Waals surface area contributed by atoms with Crippen LogP contribution in [0.2, 0.25) is 0 Å². The van der Waals surface area contributed by atoms with Gasteiger partial charge in [0, 0.05) is 24.4 Å². The van der Waals surface area contributed by atoms with E-state index in [-0.39, 0.29) is 12.0 Å². The molecule has 0 radical (unpaired) electrons. The highest BCUT2D eigenvalue weighted by Gasteiger charge is 2.37. The Kier molecular flexibility index (Phi) is 12.4. The number of amides is 1. The molecule has 0 saturated carbocycles. The van der Waals surface area contributed by atoms with Gasteiger partial charge in [0.1, 0.15) is 0 Å². The van der Waals surface area contributed by atoms with Gasteiger partial charge in [0.2, 0.25) is 5.91 Å². The van der Waals surface area contributed by atoms with Crippen molar-refractivity contribution in [2.75, 3.05) is 0 Å². The number of aromatic nitrogens is 3. The third-order valence-electron chi connectivity index (χ3n) is 5.89. The second-order valence-electron chi connectivity index (χ2n) is 9.01. The topological polar surface area (TPSA) is 94.0 Å². The molecule has 11 heteroatoms. The fourth-order valence-corrected chi connectivity index (χ4v) is 5.02. The Balaban J connectivity index is 1.76. The number of alkyl halides is 3. The maximum Gasteiger partial charge on any atom is 0.434 e. The minimum Gasteiger partial charge on any atom is -0.274 e. The highest BCUT2D eigenvalue weighted by atomic mass is 32.2. The van der Waals surface area contributed by atoms with Gasteiger partial charge in [-0.15, -0.1) is 0 Å². The van der Waals surface area contributed by atoms with Crippen LogP contribution < -0.4 is 4.72 Å². The highest BCUT2D eigenvalue weighted by molar-refractivity contribution is 7.88. The van der Waals surface area contributed by atoms with Crippen LogP contribution in [-0.2, 0) is 21.2 Å². The number of carbonyl (C=O) groups excluding carboxylic acids is 1. The van der Waals surface area contributed by atoms with Crippen LogP contribution in [0.4, 0.5) is 13.2 Å². The van der Waals surface area contributed by atoms with Crippen molar-refractivity contribution >= 4 is 16.1 Å². The average molecular weight is 531 g/mol. The number of hydrogen-bond acceptors (Lipinski definition) is 5. The molecule has 2 aromatic rings. The van der Waals surface area contributed by atoms with Crippen molar-refractivity contribution in [3.05, 3.63) is 36.4 Å². The van der Waals surface area contributed by atoms with Crippen molar-refractivity contribution in [1.29, 1.82) is 0 Å². The molecule has 0 aliphatic heterocycles. The smallest absolute Gasteiger partial charge is 0.274 e. The van der Waals surface area contributed by atoms with Gasteiger partial charge in [0.05, 0.1) is 6.20 Å². The number of pyridine rings is 1. The Morgan fingerprint density at radius 3 is 2.00 bits per heavy atom. The Bertz CT molecular complexity index is 1020. The molecule has 0 aromatic carbocycles. The SMILES string of the molecule is CCCCCCCCCCCCCCCC(=O)NS(=O)(=O)n1cc(C(F)(F)F)nc1-c1cccnc1. The zero-order valence-corrected chi connectivity index (χ0v) is 21.7. The molecule has 1 N–H and O–H groups in total. The van der Waals surface area contributed by atoms with E-state index in [1.807, 2.05) is 4.72 Å². The molecule has 0 bridgehead atoms. The third kappa shape index (κ3) is 10.3. The molecule has 0 spiro atoms. The number of carbonyl (C=O) groups is 1. The lowest BCUT2D eigenvalue weighted by atomic mass is 10.0. The van der Waals surface area contributed by atoms with E-state index in [4.69, 9.17) is 0 Å². The quantitative estimate of drug-likeness (QED) is 0.231. The van der Waals surface area contributed by atoms with Crippen LogP contribution in [0.3, 0.4) is 0 Å². The standard InChI is InChI=1S/C25H37F3N4O3S/c1-2-3-4-5-6-7-8-9-10-11-12-13-14-17-23(33)31-36(34,35)32-20-22(25(26,27)28)30-24(32)21-16-15-18-29-19-21/h15-16,18-20H,2-14,17H2,1H3,(H,31,33). The zero-order chi connectivity index (χ0) is 26.4. The van der Waals surface area contributed by atoms with Gasteiger partial charge >= 0.3 is 16.4 Å². The molecule has 0 saturated heterocycles. The summed E-state index contributed by atoms with van der Waals surface area (Å²) in [5.41, 5.74) is -1.31. The number of imidazole rings is 1. The van der Waals surface area contributed by atoms with E-state index in [1.54, 1.807) is 0 Å². The van der Waals surface area contributed by atoms with E-state index in [9.17, 15) is 26.4 Å². The van der Waals surface area contributed by atoms with Crippen molar-refractivity contribution in [3.63, 3.8) is 0 Å². The molecule has 0 aliphatic carbocycles. The van der Waals surface area contributed by atoms with Crippen LogP contribution in [0.1, 0.15) is 103 Å². The van der Waals surface area contributed by atoms with Crippen LogP contribution >= 0.6 is 0 Å². The summed E-state index contributed by atoms with van der Waals surface area (Å²) in [4.78, 5) is 19.5. The van der Waals surface area contributed by atoms with Crippen molar-refractivity contribution in [2.24, 2.45) is 0 Å². The van der Waals surface area contributed by atoms with Gasteiger partial charge in [0.25, 0.3) is 0 Å². The highest BCUT2D eigenvalue weighted by Crippen LogP contribution is 2.31. The fourth-order valence-electron chi connectivity index (χ4n) is 3.92. The van der Waals surface area contributed by atoms with Crippen molar-refractivity contribution in [2.45, 2.75) is 103 Å². The molecule has 1 amide bonds. The maximum atomic E-state index is 13.2. The summed E-state index contributed by atoms with van der Waals surface area (Å²) in [6, 6.07) is 2.83. The van der Waals surface area contributed by atoms with Gasteiger partial charge in [-0.1, -0.05) is 84.0 Å². The van der Waals surface area contributed by atoms with Crippen LogP contribution in [-0.4, -0.2) is 28.3 Å². The van der Waals surface area contributed by atoms with Crippen molar-refractivity contribution < 1.29 is 26.4 Å².